The average Bonchev–Trinajstić information content (AvgIpc) is 2.45. The van der Waals surface area contributed by atoms with Gasteiger partial charge in [-0.1, -0.05) is 13.8 Å². The molecule has 1 aromatic heterocycles. The smallest absolute Gasteiger partial charge is 0.326 e. The predicted octanol–water partition coefficient (Wildman–Crippen LogP) is 0.617. The Hall–Kier alpha value is -2.18. The largest absolute Gasteiger partial charge is 0.454 e. The van der Waals surface area contributed by atoms with Crippen molar-refractivity contribution in [1.82, 2.24) is 15.3 Å². The van der Waals surface area contributed by atoms with Crippen LogP contribution in [0.4, 0.5) is 5.95 Å². The lowest BCUT2D eigenvalue weighted by Gasteiger charge is -2.18. The van der Waals surface area contributed by atoms with Crippen molar-refractivity contribution in [2.45, 2.75) is 26.8 Å². The van der Waals surface area contributed by atoms with Crippen LogP contribution < -0.4 is 10.2 Å². The van der Waals surface area contributed by atoms with Crippen molar-refractivity contribution in [1.29, 1.82) is 0 Å². The van der Waals surface area contributed by atoms with Gasteiger partial charge in [-0.05, 0) is 18.9 Å². The Balaban J connectivity index is 2.33. The lowest BCUT2D eigenvalue weighted by molar-refractivity contribution is -0.147. The lowest BCUT2D eigenvalue weighted by atomic mass is 10.1. The van der Waals surface area contributed by atoms with E-state index >= 15 is 0 Å². The van der Waals surface area contributed by atoms with Crippen LogP contribution in [0.2, 0.25) is 0 Å². The molecule has 0 aliphatic rings. The quantitative estimate of drug-likeness (QED) is 0.742. The number of aromatic nitrogens is 2. The van der Waals surface area contributed by atoms with E-state index in [2.05, 4.69) is 15.3 Å². The van der Waals surface area contributed by atoms with Crippen LogP contribution in [0.1, 0.15) is 20.8 Å². The number of likely N-dealkylation sites (N-methyl/N-ethyl adjacent to an activating group) is 1. The number of hydrogen-bond acceptors (Lipinski definition) is 6. The molecule has 1 heterocycles. The number of nitrogens with zero attached hydrogens (tertiary/aromatic N) is 3. The number of ether oxygens (including phenoxy) is 1. The van der Waals surface area contributed by atoms with Crippen molar-refractivity contribution in [3.63, 3.8) is 0 Å². The highest BCUT2D eigenvalue weighted by Gasteiger charge is 2.14. The molecule has 21 heavy (non-hydrogen) atoms. The second kappa shape index (κ2) is 8.18. The van der Waals surface area contributed by atoms with Crippen LogP contribution in [-0.4, -0.2) is 48.1 Å². The standard InChI is InChI=1S/C14H22N4O3/c1-10(2)11(3)17-12(19)9-21-13(20)8-18(4)14-15-6-5-7-16-14/h5-7,10-11H,8-9H2,1-4H3,(H,17,19). The number of rotatable bonds is 7. The minimum absolute atomic E-state index is 0.0168. The van der Waals surface area contributed by atoms with E-state index in [-0.39, 0.29) is 25.1 Å². The maximum Gasteiger partial charge on any atom is 0.326 e. The molecule has 7 nitrogen and oxygen atoms in total. The van der Waals surface area contributed by atoms with Gasteiger partial charge in [0.25, 0.3) is 5.91 Å². The van der Waals surface area contributed by atoms with E-state index in [0.29, 0.717) is 11.9 Å². The third-order valence-electron chi connectivity index (χ3n) is 3.01. The first-order chi connectivity index (χ1) is 9.90. The van der Waals surface area contributed by atoms with Crippen molar-refractivity contribution >= 4 is 17.8 Å². The SMILES string of the molecule is CC(C)C(C)NC(=O)COC(=O)CN(C)c1ncccn1. The monoisotopic (exact) mass is 294 g/mol. The molecule has 0 aromatic carbocycles. The minimum Gasteiger partial charge on any atom is -0.454 e. The van der Waals surface area contributed by atoms with E-state index < -0.39 is 5.97 Å². The fraction of sp³-hybridized carbons (Fsp3) is 0.571. The fourth-order valence-electron chi connectivity index (χ4n) is 1.41. The Morgan fingerprint density at radius 3 is 2.48 bits per heavy atom. The Morgan fingerprint density at radius 1 is 1.29 bits per heavy atom. The third kappa shape index (κ3) is 6.20. The van der Waals surface area contributed by atoms with Crippen LogP contribution >= 0.6 is 0 Å². The van der Waals surface area contributed by atoms with Gasteiger partial charge in [0.05, 0.1) is 0 Å². The summed E-state index contributed by atoms with van der Waals surface area (Å²) in [6, 6.07) is 1.73. The molecule has 0 fully saturated rings. The van der Waals surface area contributed by atoms with E-state index in [0.717, 1.165) is 0 Å². The first kappa shape index (κ1) is 16.9. The van der Waals surface area contributed by atoms with Crippen molar-refractivity contribution in [3.8, 4) is 0 Å². The molecule has 1 N–H and O–H groups in total. The van der Waals surface area contributed by atoms with Crippen LogP contribution in [0.15, 0.2) is 18.5 Å². The molecular weight excluding hydrogens is 272 g/mol. The highest BCUT2D eigenvalue weighted by atomic mass is 16.5. The summed E-state index contributed by atoms with van der Waals surface area (Å²) in [4.78, 5) is 32.8. The van der Waals surface area contributed by atoms with E-state index in [4.69, 9.17) is 4.74 Å². The summed E-state index contributed by atoms with van der Waals surface area (Å²) in [5, 5.41) is 2.77. The maximum atomic E-state index is 11.7. The third-order valence-corrected chi connectivity index (χ3v) is 3.01. The molecule has 0 saturated heterocycles. The first-order valence-electron chi connectivity index (χ1n) is 6.83. The lowest BCUT2D eigenvalue weighted by Crippen LogP contribution is -2.39. The highest BCUT2D eigenvalue weighted by Crippen LogP contribution is 2.02. The number of carbonyl (C=O) groups excluding carboxylic acids is 2. The molecule has 1 atom stereocenters. The van der Waals surface area contributed by atoms with Gasteiger partial charge in [-0.2, -0.15) is 0 Å². The molecule has 0 spiro atoms. The van der Waals surface area contributed by atoms with Crippen LogP contribution in [-0.2, 0) is 14.3 Å². The molecule has 1 amide bonds. The van der Waals surface area contributed by atoms with Gasteiger partial charge in [0.15, 0.2) is 6.61 Å². The summed E-state index contributed by atoms with van der Waals surface area (Å²) in [7, 11) is 1.68. The Kier molecular flexibility index (Phi) is 6.58. The fourth-order valence-corrected chi connectivity index (χ4v) is 1.41. The summed E-state index contributed by atoms with van der Waals surface area (Å²) in [6.07, 6.45) is 3.18. The van der Waals surface area contributed by atoms with E-state index in [1.54, 1.807) is 30.4 Å². The topological polar surface area (TPSA) is 84.4 Å². The van der Waals surface area contributed by atoms with Crippen molar-refractivity contribution in [2.24, 2.45) is 5.92 Å². The van der Waals surface area contributed by atoms with Gasteiger partial charge in [0, 0.05) is 25.5 Å². The summed E-state index contributed by atoms with van der Waals surface area (Å²) in [5.74, 6) is -0.0567. The van der Waals surface area contributed by atoms with Gasteiger partial charge < -0.3 is 15.0 Å². The molecule has 0 aliphatic heterocycles. The summed E-state index contributed by atoms with van der Waals surface area (Å²) < 4.78 is 4.93. The molecule has 1 aromatic rings. The Bertz CT molecular complexity index is 465. The average molecular weight is 294 g/mol. The van der Waals surface area contributed by atoms with Gasteiger partial charge in [-0.25, -0.2) is 9.97 Å². The van der Waals surface area contributed by atoms with Crippen LogP contribution in [0.3, 0.4) is 0 Å². The van der Waals surface area contributed by atoms with Gasteiger partial charge in [-0.15, -0.1) is 0 Å². The zero-order valence-corrected chi connectivity index (χ0v) is 12.9. The molecular formula is C14H22N4O3. The van der Waals surface area contributed by atoms with Crippen LogP contribution in [0, 0.1) is 5.92 Å². The Morgan fingerprint density at radius 2 is 1.90 bits per heavy atom. The van der Waals surface area contributed by atoms with Gasteiger partial charge >= 0.3 is 5.97 Å². The second-order valence-corrected chi connectivity index (χ2v) is 5.17. The number of amides is 1. The molecule has 0 radical (unpaired) electrons. The normalized spacial score (nSPS) is 11.9. The van der Waals surface area contributed by atoms with Crippen LogP contribution in [0.25, 0.3) is 0 Å². The molecule has 0 bridgehead atoms. The van der Waals surface area contributed by atoms with E-state index in [9.17, 15) is 9.59 Å². The van der Waals surface area contributed by atoms with Crippen molar-refractivity contribution in [3.05, 3.63) is 18.5 Å². The molecule has 1 rings (SSSR count). The van der Waals surface area contributed by atoms with E-state index in [1.165, 1.54) is 0 Å². The van der Waals surface area contributed by atoms with Crippen molar-refractivity contribution < 1.29 is 14.3 Å². The molecule has 0 aliphatic carbocycles. The summed E-state index contributed by atoms with van der Waals surface area (Å²) >= 11 is 0. The minimum atomic E-state index is -0.502. The molecule has 1 unspecified atom stereocenters. The number of anilines is 1. The van der Waals surface area contributed by atoms with Gasteiger partial charge in [-0.3, -0.25) is 9.59 Å². The number of nitrogens with one attached hydrogen (secondary N) is 1. The molecule has 0 saturated carbocycles. The summed E-state index contributed by atoms with van der Waals surface area (Å²) in [6.45, 7) is 5.62. The van der Waals surface area contributed by atoms with Crippen molar-refractivity contribution in [2.75, 3.05) is 25.1 Å². The van der Waals surface area contributed by atoms with Crippen LogP contribution in [0.5, 0.6) is 0 Å². The predicted molar refractivity (Wildman–Crippen MR) is 78.7 cm³/mol. The molecule has 7 heteroatoms. The second-order valence-electron chi connectivity index (χ2n) is 5.17. The zero-order valence-electron chi connectivity index (χ0n) is 12.9. The van der Waals surface area contributed by atoms with Gasteiger partial charge in [0.2, 0.25) is 5.95 Å². The van der Waals surface area contributed by atoms with Gasteiger partial charge in [0.1, 0.15) is 6.54 Å². The number of esters is 1. The number of carbonyl (C=O) groups is 2. The molecule has 116 valence electrons. The van der Waals surface area contributed by atoms with E-state index in [1.807, 2.05) is 20.8 Å². The number of hydrogen-bond donors (Lipinski definition) is 1. The zero-order chi connectivity index (χ0) is 15.8. The Labute approximate surface area is 124 Å². The summed E-state index contributed by atoms with van der Waals surface area (Å²) in [5.41, 5.74) is 0. The highest BCUT2D eigenvalue weighted by molar-refractivity contribution is 5.82. The maximum absolute atomic E-state index is 11.7. The first-order valence-corrected chi connectivity index (χ1v) is 6.83.